The molecule has 0 aliphatic heterocycles. The zero-order valence-corrected chi connectivity index (χ0v) is 16.0. The molecule has 3 N–H and O–H groups in total. The number of aliphatic carboxylic acids is 1. The molecule has 148 valence electrons. The second-order valence-electron chi connectivity index (χ2n) is 6.81. The van der Waals surface area contributed by atoms with Crippen molar-refractivity contribution in [3.05, 3.63) is 83.9 Å². The molecule has 0 heterocycles. The molecule has 2 atom stereocenters. The maximum Gasteiger partial charge on any atom is 0.325 e. The number of amides is 2. The number of carbonyl (C=O) groups is 3. The molecule has 0 aromatic heterocycles. The SMILES string of the molecule is CC(NC(=O)C(Cc1ccccc1)NC(=O)c1cccc2ccccc12)C(=O)O. The smallest absolute Gasteiger partial charge is 0.325 e. The lowest BCUT2D eigenvalue weighted by atomic mass is 10.0. The quantitative estimate of drug-likeness (QED) is 0.578. The Morgan fingerprint density at radius 1 is 0.862 bits per heavy atom. The van der Waals surface area contributed by atoms with E-state index in [4.69, 9.17) is 5.11 Å². The van der Waals surface area contributed by atoms with E-state index >= 15 is 0 Å². The van der Waals surface area contributed by atoms with Gasteiger partial charge in [-0.3, -0.25) is 14.4 Å². The van der Waals surface area contributed by atoms with Crippen LogP contribution >= 0.6 is 0 Å². The van der Waals surface area contributed by atoms with Gasteiger partial charge < -0.3 is 15.7 Å². The minimum absolute atomic E-state index is 0.246. The molecule has 0 bridgehead atoms. The molecule has 0 radical (unpaired) electrons. The summed E-state index contributed by atoms with van der Waals surface area (Å²) in [5, 5.41) is 16.0. The fourth-order valence-electron chi connectivity index (χ4n) is 3.09. The summed E-state index contributed by atoms with van der Waals surface area (Å²) in [5.41, 5.74) is 1.31. The molecule has 0 saturated heterocycles. The van der Waals surface area contributed by atoms with Gasteiger partial charge in [0.1, 0.15) is 12.1 Å². The van der Waals surface area contributed by atoms with Gasteiger partial charge >= 0.3 is 5.97 Å². The summed E-state index contributed by atoms with van der Waals surface area (Å²) in [6.07, 6.45) is 0.246. The Hall–Kier alpha value is -3.67. The summed E-state index contributed by atoms with van der Waals surface area (Å²) in [5.74, 6) is -2.07. The van der Waals surface area contributed by atoms with Gasteiger partial charge in [-0.15, -0.1) is 0 Å². The second kappa shape index (κ2) is 9.01. The monoisotopic (exact) mass is 390 g/mol. The lowest BCUT2D eigenvalue weighted by molar-refractivity contribution is -0.141. The number of hydrogen-bond donors (Lipinski definition) is 3. The largest absolute Gasteiger partial charge is 0.480 e. The van der Waals surface area contributed by atoms with Gasteiger partial charge in [-0.25, -0.2) is 0 Å². The van der Waals surface area contributed by atoms with Gasteiger partial charge in [0.25, 0.3) is 5.91 Å². The molecule has 0 aliphatic rings. The maximum absolute atomic E-state index is 13.0. The van der Waals surface area contributed by atoms with E-state index in [0.29, 0.717) is 5.56 Å². The molecule has 6 heteroatoms. The topological polar surface area (TPSA) is 95.5 Å². The Morgan fingerprint density at radius 3 is 2.24 bits per heavy atom. The number of carboxylic acid groups (broad SMARTS) is 1. The summed E-state index contributed by atoms with van der Waals surface area (Å²) < 4.78 is 0. The third-order valence-electron chi connectivity index (χ3n) is 4.67. The summed E-state index contributed by atoms with van der Waals surface area (Å²) in [6.45, 7) is 1.38. The molecule has 0 saturated carbocycles. The number of carboxylic acids is 1. The van der Waals surface area contributed by atoms with Gasteiger partial charge in [-0.1, -0.05) is 66.7 Å². The normalized spacial score (nSPS) is 12.7. The average molecular weight is 390 g/mol. The molecule has 3 aromatic rings. The zero-order valence-electron chi connectivity index (χ0n) is 16.0. The highest BCUT2D eigenvalue weighted by Gasteiger charge is 2.25. The average Bonchev–Trinajstić information content (AvgIpc) is 2.73. The molecule has 2 unspecified atom stereocenters. The van der Waals surface area contributed by atoms with Gasteiger partial charge in [-0.05, 0) is 29.3 Å². The van der Waals surface area contributed by atoms with E-state index in [2.05, 4.69) is 10.6 Å². The molecule has 0 spiro atoms. The molecular formula is C23H22N2O4. The van der Waals surface area contributed by atoms with Crippen LogP contribution in [0.5, 0.6) is 0 Å². The first-order valence-corrected chi connectivity index (χ1v) is 9.31. The van der Waals surface area contributed by atoms with E-state index in [-0.39, 0.29) is 12.3 Å². The first-order valence-electron chi connectivity index (χ1n) is 9.31. The van der Waals surface area contributed by atoms with Gasteiger partial charge in [0, 0.05) is 12.0 Å². The minimum atomic E-state index is -1.14. The molecule has 2 amide bonds. The van der Waals surface area contributed by atoms with Crippen molar-refractivity contribution in [3.63, 3.8) is 0 Å². The Balaban J connectivity index is 1.86. The van der Waals surface area contributed by atoms with Crippen molar-refractivity contribution in [2.24, 2.45) is 0 Å². The predicted molar refractivity (Wildman–Crippen MR) is 111 cm³/mol. The van der Waals surface area contributed by atoms with Crippen molar-refractivity contribution in [1.29, 1.82) is 0 Å². The fraction of sp³-hybridized carbons (Fsp3) is 0.174. The van der Waals surface area contributed by atoms with E-state index in [1.165, 1.54) is 6.92 Å². The third-order valence-corrected chi connectivity index (χ3v) is 4.67. The Bertz CT molecular complexity index is 1030. The molecule has 0 fully saturated rings. The van der Waals surface area contributed by atoms with Crippen LogP contribution < -0.4 is 10.6 Å². The van der Waals surface area contributed by atoms with Gasteiger partial charge in [0.05, 0.1) is 0 Å². The van der Waals surface area contributed by atoms with Gasteiger partial charge in [-0.2, -0.15) is 0 Å². The van der Waals surface area contributed by atoms with E-state index in [0.717, 1.165) is 16.3 Å². The Labute approximate surface area is 168 Å². The highest BCUT2D eigenvalue weighted by molar-refractivity contribution is 6.08. The van der Waals surface area contributed by atoms with E-state index in [1.54, 1.807) is 12.1 Å². The van der Waals surface area contributed by atoms with E-state index in [1.807, 2.05) is 60.7 Å². The van der Waals surface area contributed by atoms with Crippen LogP contribution in [0.1, 0.15) is 22.8 Å². The van der Waals surface area contributed by atoms with Gasteiger partial charge in [0.2, 0.25) is 5.91 Å². The van der Waals surface area contributed by atoms with E-state index < -0.39 is 24.0 Å². The standard InChI is InChI=1S/C23H22N2O4/c1-15(23(28)29)24-22(27)20(14-16-8-3-2-4-9-16)25-21(26)19-13-7-11-17-10-5-6-12-18(17)19/h2-13,15,20H,14H2,1H3,(H,24,27)(H,25,26)(H,28,29). The second-order valence-corrected chi connectivity index (χ2v) is 6.81. The summed E-state index contributed by atoms with van der Waals surface area (Å²) >= 11 is 0. The number of carbonyl (C=O) groups excluding carboxylic acids is 2. The Kier molecular flexibility index (Phi) is 6.24. The summed E-state index contributed by atoms with van der Waals surface area (Å²) in [6, 6.07) is 20.2. The number of hydrogen-bond acceptors (Lipinski definition) is 3. The highest BCUT2D eigenvalue weighted by Crippen LogP contribution is 2.18. The first-order chi connectivity index (χ1) is 14.0. The van der Waals surface area contributed by atoms with Crippen molar-refractivity contribution in [3.8, 4) is 0 Å². The van der Waals surface area contributed by atoms with Crippen LogP contribution in [0.15, 0.2) is 72.8 Å². The highest BCUT2D eigenvalue weighted by atomic mass is 16.4. The molecule has 3 aromatic carbocycles. The van der Waals surface area contributed by atoms with Crippen LogP contribution in [-0.2, 0) is 16.0 Å². The summed E-state index contributed by atoms with van der Waals surface area (Å²) in [4.78, 5) is 36.8. The molecule has 29 heavy (non-hydrogen) atoms. The first kappa shape index (κ1) is 20.1. The van der Waals surface area contributed by atoms with Crippen LogP contribution in [-0.4, -0.2) is 35.0 Å². The number of benzene rings is 3. The third kappa shape index (κ3) is 4.99. The van der Waals surface area contributed by atoms with Crippen LogP contribution in [0, 0.1) is 0 Å². The lowest BCUT2D eigenvalue weighted by Crippen LogP contribution is -2.51. The summed E-state index contributed by atoms with van der Waals surface area (Å²) in [7, 11) is 0. The number of rotatable bonds is 7. The van der Waals surface area contributed by atoms with Gasteiger partial charge in [0.15, 0.2) is 0 Å². The van der Waals surface area contributed by atoms with Crippen LogP contribution in [0.25, 0.3) is 10.8 Å². The maximum atomic E-state index is 13.0. The molecule has 0 aliphatic carbocycles. The minimum Gasteiger partial charge on any atom is -0.480 e. The van der Waals surface area contributed by atoms with Crippen molar-refractivity contribution < 1.29 is 19.5 Å². The molecule has 6 nitrogen and oxygen atoms in total. The Morgan fingerprint density at radius 2 is 1.52 bits per heavy atom. The van der Waals surface area contributed by atoms with Crippen LogP contribution in [0.4, 0.5) is 0 Å². The number of nitrogens with one attached hydrogen (secondary N) is 2. The molecular weight excluding hydrogens is 368 g/mol. The van der Waals surface area contributed by atoms with Crippen LogP contribution in [0.3, 0.4) is 0 Å². The number of fused-ring (bicyclic) bond motifs is 1. The zero-order chi connectivity index (χ0) is 20.8. The molecule has 3 rings (SSSR count). The fourth-order valence-corrected chi connectivity index (χ4v) is 3.09. The van der Waals surface area contributed by atoms with Crippen molar-refractivity contribution in [2.75, 3.05) is 0 Å². The van der Waals surface area contributed by atoms with Crippen molar-refractivity contribution in [1.82, 2.24) is 10.6 Å². The van der Waals surface area contributed by atoms with Crippen molar-refractivity contribution in [2.45, 2.75) is 25.4 Å². The predicted octanol–water partition coefficient (Wildman–Crippen LogP) is 2.77. The van der Waals surface area contributed by atoms with Crippen LogP contribution in [0.2, 0.25) is 0 Å². The van der Waals surface area contributed by atoms with Crippen molar-refractivity contribution >= 4 is 28.6 Å². The van der Waals surface area contributed by atoms with E-state index in [9.17, 15) is 14.4 Å². The lowest BCUT2D eigenvalue weighted by Gasteiger charge is -2.20.